The molecular formula is C18H24FNO3. The van der Waals surface area contributed by atoms with E-state index in [-0.39, 0.29) is 30.1 Å². The quantitative estimate of drug-likeness (QED) is 0.822. The van der Waals surface area contributed by atoms with Crippen molar-refractivity contribution in [2.75, 3.05) is 0 Å². The molecule has 23 heavy (non-hydrogen) atoms. The highest BCUT2D eigenvalue weighted by Crippen LogP contribution is 2.38. The summed E-state index contributed by atoms with van der Waals surface area (Å²) in [5.74, 6) is -0.0444. The first kappa shape index (κ1) is 16.1. The zero-order valence-electron chi connectivity index (χ0n) is 13.9. The molecule has 0 saturated carbocycles. The number of carbonyl (C=O) groups is 1. The molecule has 2 heterocycles. The fourth-order valence-electron chi connectivity index (χ4n) is 3.56. The molecule has 2 aliphatic heterocycles. The van der Waals surface area contributed by atoms with Crippen molar-refractivity contribution < 1.29 is 18.7 Å². The van der Waals surface area contributed by atoms with Gasteiger partial charge in [-0.1, -0.05) is 12.1 Å². The number of benzene rings is 1. The minimum atomic E-state index is -0.489. The number of hydrogen-bond donors (Lipinski definition) is 0. The highest BCUT2D eigenvalue weighted by molar-refractivity contribution is 5.69. The van der Waals surface area contributed by atoms with E-state index in [0.717, 1.165) is 25.7 Å². The van der Waals surface area contributed by atoms with Gasteiger partial charge in [-0.3, -0.25) is 0 Å². The summed E-state index contributed by atoms with van der Waals surface area (Å²) in [6.07, 6.45) is 3.08. The van der Waals surface area contributed by atoms with Crippen LogP contribution in [0.1, 0.15) is 46.5 Å². The number of amides is 1. The van der Waals surface area contributed by atoms with Gasteiger partial charge in [0.05, 0.1) is 0 Å². The standard InChI is InChI=1S/C18H24FNO3/c1-18(2,3)23-17(21)20-12-8-9-13(20)11-14(10-12)22-16-7-5-4-6-15(16)19/h4-7,12-14H,8-11H2,1-3H3/t12-,13+,14?. The normalized spacial score (nSPS) is 27.0. The summed E-state index contributed by atoms with van der Waals surface area (Å²) in [6.45, 7) is 5.63. The zero-order valence-corrected chi connectivity index (χ0v) is 13.9. The number of nitrogens with zero attached hydrogens (tertiary/aromatic N) is 1. The van der Waals surface area contributed by atoms with Crippen molar-refractivity contribution in [2.24, 2.45) is 0 Å². The first-order valence-electron chi connectivity index (χ1n) is 8.26. The summed E-state index contributed by atoms with van der Waals surface area (Å²) in [7, 11) is 0. The Morgan fingerprint density at radius 3 is 2.35 bits per heavy atom. The number of fused-ring (bicyclic) bond motifs is 2. The fraction of sp³-hybridized carbons (Fsp3) is 0.611. The van der Waals surface area contributed by atoms with Gasteiger partial charge in [0.25, 0.3) is 0 Å². The van der Waals surface area contributed by atoms with Gasteiger partial charge in [0.2, 0.25) is 0 Å². The molecule has 1 unspecified atom stereocenters. The molecule has 0 aliphatic carbocycles. The van der Waals surface area contributed by atoms with Gasteiger partial charge in [0, 0.05) is 24.9 Å². The van der Waals surface area contributed by atoms with E-state index >= 15 is 0 Å². The second kappa shape index (κ2) is 6.02. The fourth-order valence-corrected chi connectivity index (χ4v) is 3.56. The van der Waals surface area contributed by atoms with E-state index in [1.54, 1.807) is 18.2 Å². The summed E-state index contributed by atoms with van der Waals surface area (Å²) in [5.41, 5.74) is -0.489. The van der Waals surface area contributed by atoms with Crippen LogP contribution in [-0.2, 0) is 4.74 Å². The van der Waals surface area contributed by atoms with Crippen molar-refractivity contribution in [1.29, 1.82) is 0 Å². The average Bonchev–Trinajstić information content (AvgIpc) is 2.72. The molecule has 0 aromatic heterocycles. The van der Waals surface area contributed by atoms with Crippen molar-refractivity contribution in [3.63, 3.8) is 0 Å². The molecule has 0 N–H and O–H groups in total. The van der Waals surface area contributed by atoms with Crippen LogP contribution < -0.4 is 4.74 Å². The summed E-state index contributed by atoms with van der Waals surface area (Å²) >= 11 is 0. The van der Waals surface area contributed by atoms with Crippen LogP contribution in [0.25, 0.3) is 0 Å². The maximum Gasteiger partial charge on any atom is 0.410 e. The number of ether oxygens (including phenoxy) is 2. The Hall–Kier alpha value is -1.78. The Bertz CT molecular complexity index is 570. The van der Waals surface area contributed by atoms with Crippen LogP contribution >= 0.6 is 0 Å². The van der Waals surface area contributed by atoms with Crippen LogP contribution in [0.4, 0.5) is 9.18 Å². The third kappa shape index (κ3) is 3.59. The Morgan fingerprint density at radius 1 is 1.17 bits per heavy atom. The summed E-state index contributed by atoms with van der Waals surface area (Å²) in [6, 6.07) is 6.72. The molecule has 2 aliphatic rings. The molecule has 0 spiro atoms. The van der Waals surface area contributed by atoms with Crippen LogP contribution in [-0.4, -0.2) is 34.8 Å². The van der Waals surface area contributed by atoms with Crippen LogP contribution in [0.3, 0.4) is 0 Å². The minimum Gasteiger partial charge on any atom is -0.487 e. The van der Waals surface area contributed by atoms with Crippen molar-refractivity contribution in [3.05, 3.63) is 30.1 Å². The molecule has 1 aromatic rings. The van der Waals surface area contributed by atoms with Gasteiger partial charge < -0.3 is 14.4 Å². The lowest BCUT2D eigenvalue weighted by atomic mass is 10.00. The van der Waals surface area contributed by atoms with Gasteiger partial charge in [-0.25, -0.2) is 9.18 Å². The summed E-state index contributed by atoms with van der Waals surface area (Å²) in [4.78, 5) is 14.3. The SMILES string of the molecule is CC(C)(C)OC(=O)N1[C@@H]2CC[C@H]1CC(Oc1ccccc1F)C2. The Balaban J connectivity index is 1.65. The van der Waals surface area contributed by atoms with Crippen molar-refractivity contribution in [3.8, 4) is 5.75 Å². The second-order valence-electron chi connectivity index (χ2n) is 7.41. The van der Waals surface area contributed by atoms with E-state index in [0.29, 0.717) is 5.75 Å². The van der Waals surface area contributed by atoms with E-state index in [9.17, 15) is 9.18 Å². The molecule has 2 bridgehead atoms. The molecule has 5 heteroatoms. The maximum absolute atomic E-state index is 13.7. The first-order valence-corrected chi connectivity index (χ1v) is 8.26. The van der Waals surface area contributed by atoms with Crippen molar-refractivity contribution >= 4 is 6.09 Å². The van der Waals surface area contributed by atoms with E-state index in [1.807, 2.05) is 25.7 Å². The first-order chi connectivity index (χ1) is 10.8. The zero-order chi connectivity index (χ0) is 16.6. The monoisotopic (exact) mass is 321 g/mol. The summed E-state index contributed by atoms with van der Waals surface area (Å²) < 4.78 is 25.1. The third-order valence-electron chi connectivity index (χ3n) is 4.42. The maximum atomic E-state index is 13.7. The van der Waals surface area contributed by atoms with Crippen LogP contribution in [0.15, 0.2) is 24.3 Å². The lowest BCUT2D eigenvalue weighted by Gasteiger charge is -2.39. The highest BCUT2D eigenvalue weighted by atomic mass is 19.1. The second-order valence-corrected chi connectivity index (χ2v) is 7.41. The number of halogens is 1. The minimum absolute atomic E-state index is 0.0527. The van der Waals surface area contributed by atoms with Crippen molar-refractivity contribution in [1.82, 2.24) is 4.90 Å². The number of piperidine rings is 1. The van der Waals surface area contributed by atoms with E-state index in [2.05, 4.69) is 0 Å². The van der Waals surface area contributed by atoms with E-state index in [1.165, 1.54) is 6.07 Å². The van der Waals surface area contributed by atoms with E-state index in [4.69, 9.17) is 9.47 Å². The number of rotatable bonds is 2. The van der Waals surface area contributed by atoms with Gasteiger partial charge in [0.15, 0.2) is 11.6 Å². The summed E-state index contributed by atoms with van der Waals surface area (Å²) in [5, 5.41) is 0. The molecular weight excluding hydrogens is 297 g/mol. The third-order valence-corrected chi connectivity index (χ3v) is 4.42. The lowest BCUT2D eigenvalue weighted by Crippen LogP contribution is -2.50. The van der Waals surface area contributed by atoms with Gasteiger partial charge in [-0.2, -0.15) is 0 Å². The number of hydrogen-bond acceptors (Lipinski definition) is 3. The highest BCUT2D eigenvalue weighted by Gasteiger charge is 2.45. The largest absolute Gasteiger partial charge is 0.487 e. The molecule has 1 amide bonds. The predicted octanol–water partition coefficient (Wildman–Crippen LogP) is 4.14. The van der Waals surface area contributed by atoms with Crippen LogP contribution in [0, 0.1) is 5.82 Å². The number of carbonyl (C=O) groups excluding carboxylic acids is 1. The molecule has 3 rings (SSSR count). The van der Waals surface area contributed by atoms with Crippen molar-refractivity contribution in [2.45, 2.75) is 70.2 Å². The number of para-hydroxylation sites is 1. The predicted molar refractivity (Wildman–Crippen MR) is 84.9 cm³/mol. The van der Waals surface area contributed by atoms with Crippen LogP contribution in [0.5, 0.6) is 5.75 Å². The molecule has 0 radical (unpaired) electrons. The van der Waals surface area contributed by atoms with Crippen LogP contribution in [0.2, 0.25) is 0 Å². The molecule has 2 saturated heterocycles. The Morgan fingerprint density at radius 2 is 1.78 bits per heavy atom. The molecule has 3 atom stereocenters. The molecule has 126 valence electrons. The average molecular weight is 321 g/mol. The van der Waals surface area contributed by atoms with Gasteiger partial charge in [0.1, 0.15) is 11.7 Å². The van der Waals surface area contributed by atoms with E-state index < -0.39 is 5.60 Å². The Labute approximate surface area is 136 Å². The molecule has 4 nitrogen and oxygen atoms in total. The van der Waals surface area contributed by atoms with Gasteiger partial charge in [-0.15, -0.1) is 0 Å². The smallest absolute Gasteiger partial charge is 0.410 e. The molecule has 1 aromatic carbocycles. The Kier molecular flexibility index (Phi) is 4.21. The lowest BCUT2D eigenvalue weighted by molar-refractivity contribution is -0.00753. The van der Waals surface area contributed by atoms with Gasteiger partial charge >= 0.3 is 6.09 Å². The van der Waals surface area contributed by atoms with Gasteiger partial charge in [-0.05, 0) is 45.7 Å². The topological polar surface area (TPSA) is 38.8 Å². The molecule has 2 fully saturated rings.